The minimum atomic E-state index is -4.40. The zero-order valence-electron chi connectivity index (χ0n) is 10.6. The summed E-state index contributed by atoms with van der Waals surface area (Å²) in [5.74, 6) is 0. The summed E-state index contributed by atoms with van der Waals surface area (Å²) in [5, 5.41) is 3.09. The van der Waals surface area contributed by atoms with Crippen LogP contribution in [-0.2, 0) is 6.18 Å². The molecule has 0 aromatic heterocycles. The van der Waals surface area contributed by atoms with Crippen LogP contribution >= 0.6 is 11.6 Å². The quantitative estimate of drug-likeness (QED) is 0.890. The van der Waals surface area contributed by atoms with E-state index in [9.17, 15) is 13.2 Å². The minimum Gasteiger partial charge on any atom is -0.381 e. The van der Waals surface area contributed by atoms with E-state index >= 15 is 0 Å². The molecule has 1 aliphatic heterocycles. The molecule has 1 heterocycles. The van der Waals surface area contributed by atoms with Crippen molar-refractivity contribution in [1.82, 2.24) is 4.90 Å². The van der Waals surface area contributed by atoms with Crippen molar-refractivity contribution < 1.29 is 13.2 Å². The highest BCUT2D eigenvalue weighted by atomic mass is 35.5. The van der Waals surface area contributed by atoms with E-state index in [1.54, 1.807) is 0 Å². The number of anilines is 1. The molecule has 1 aromatic rings. The van der Waals surface area contributed by atoms with Gasteiger partial charge in [-0.3, -0.25) is 0 Å². The molecule has 1 saturated heterocycles. The molecule has 0 saturated carbocycles. The molecule has 1 aromatic carbocycles. The zero-order valence-corrected chi connectivity index (χ0v) is 11.4. The van der Waals surface area contributed by atoms with E-state index in [-0.39, 0.29) is 16.8 Å². The van der Waals surface area contributed by atoms with Gasteiger partial charge in [-0.25, -0.2) is 0 Å². The van der Waals surface area contributed by atoms with E-state index in [0.29, 0.717) is 0 Å². The fourth-order valence-corrected chi connectivity index (χ4v) is 2.55. The standard InChI is InChI=1S/C13H16ClF3N2/c1-19-6-2-3-10(8-19)18-12-5-4-9(14)7-11(12)13(15,16)17/h4-5,7,10,18H,2-3,6,8H2,1H3. The molecule has 1 atom stereocenters. The fourth-order valence-electron chi connectivity index (χ4n) is 2.38. The lowest BCUT2D eigenvalue weighted by Crippen LogP contribution is -2.40. The Hall–Kier alpha value is -0.940. The van der Waals surface area contributed by atoms with E-state index in [1.165, 1.54) is 12.1 Å². The lowest BCUT2D eigenvalue weighted by Gasteiger charge is -2.31. The van der Waals surface area contributed by atoms with Gasteiger partial charge in [-0.2, -0.15) is 13.2 Å². The summed E-state index contributed by atoms with van der Waals surface area (Å²) in [6.07, 6.45) is -2.53. The van der Waals surface area contributed by atoms with E-state index in [4.69, 9.17) is 11.6 Å². The van der Waals surface area contributed by atoms with E-state index < -0.39 is 11.7 Å². The molecule has 6 heteroatoms. The van der Waals surface area contributed by atoms with E-state index in [2.05, 4.69) is 10.2 Å². The van der Waals surface area contributed by atoms with Gasteiger partial charge in [0.2, 0.25) is 0 Å². The number of nitrogens with one attached hydrogen (secondary N) is 1. The van der Waals surface area contributed by atoms with Crippen molar-refractivity contribution >= 4 is 17.3 Å². The Morgan fingerprint density at radius 2 is 2.11 bits per heavy atom. The number of benzene rings is 1. The number of piperidine rings is 1. The van der Waals surface area contributed by atoms with Crippen LogP contribution in [0.5, 0.6) is 0 Å². The topological polar surface area (TPSA) is 15.3 Å². The number of hydrogen-bond acceptors (Lipinski definition) is 2. The molecule has 1 N–H and O–H groups in total. The van der Waals surface area contributed by atoms with Gasteiger partial charge in [0, 0.05) is 23.3 Å². The van der Waals surface area contributed by atoms with Crippen LogP contribution in [0, 0.1) is 0 Å². The number of hydrogen-bond donors (Lipinski definition) is 1. The third-order valence-electron chi connectivity index (χ3n) is 3.27. The summed E-state index contributed by atoms with van der Waals surface area (Å²) in [7, 11) is 1.97. The molecule has 0 bridgehead atoms. The second-order valence-electron chi connectivity index (χ2n) is 4.93. The number of rotatable bonds is 2. The Bertz CT molecular complexity index is 448. The third kappa shape index (κ3) is 3.76. The average molecular weight is 293 g/mol. The Morgan fingerprint density at radius 1 is 1.37 bits per heavy atom. The molecule has 1 unspecified atom stereocenters. The smallest absolute Gasteiger partial charge is 0.381 e. The Morgan fingerprint density at radius 3 is 2.74 bits per heavy atom. The first kappa shape index (κ1) is 14.5. The van der Waals surface area contributed by atoms with Crippen LogP contribution in [0.4, 0.5) is 18.9 Å². The lowest BCUT2D eigenvalue weighted by atomic mass is 10.0. The number of halogens is 4. The maximum Gasteiger partial charge on any atom is 0.418 e. The summed E-state index contributed by atoms with van der Waals surface area (Å²) < 4.78 is 38.9. The van der Waals surface area contributed by atoms with Crippen LogP contribution in [0.15, 0.2) is 18.2 Å². The molecule has 0 radical (unpaired) electrons. The summed E-state index contributed by atoms with van der Waals surface area (Å²) in [6.45, 7) is 1.74. The molecule has 1 fully saturated rings. The summed E-state index contributed by atoms with van der Waals surface area (Å²) in [6, 6.07) is 3.89. The van der Waals surface area contributed by atoms with Gasteiger partial charge in [0.25, 0.3) is 0 Å². The maximum atomic E-state index is 13.0. The number of alkyl halides is 3. The molecule has 0 spiro atoms. The van der Waals surface area contributed by atoms with Crippen molar-refractivity contribution in [3.8, 4) is 0 Å². The second-order valence-corrected chi connectivity index (χ2v) is 5.37. The first-order valence-corrected chi connectivity index (χ1v) is 6.56. The molecule has 2 rings (SSSR count). The average Bonchev–Trinajstić information content (AvgIpc) is 2.30. The number of nitrogens with zero attached hydrogens (tertiary/aromatic N) is 1. The maximum absolute atomic E-state index is 13.0. The van der Waals surface area contributed by atoms with Crippen molar-refractivity contribution in [1.29, 1.82) is 0 Å². The van der Waals surface area contributed by atoms with Crippen LogP contribution < -0.4 is 5.32 Å². The lowest BCUT2D eigenvalue weighted by molar-refractivity contribution is -0.137. The normalized spacial score (nSPS) is 21.4. The predicted molar refractivity (Wildman–Crippen MR) is 70.6 cm³/mol. The van der Waals surface area contributed by atoms with Crippen molar-refractivity contribution in [2.24, 2.45) is 0 Å². The molecule has 19 heavy (non-hydrogen) atoms. The molecule has 0 aliphatic carbocycles. The van der Waals surface area contributed by atoms with Gasteiger partial charge in [-0.05, 0) is 44.6 Å². The van der Waals surface area contributed by atoms with Gasteiger partial charge in [0.1, 0.15) is 0 Å². The monoisotopic (exact) mass is 292 g/mol. The Labute approximate surface area is 115 Å². The van der Waals surface area contributed by atoms with Crippen molar-refractivity contribution in [3.05, 3.63) is 28.8 Å². The molecular weight excluding hydrogens is 277 g/mol. The summed E-state index contributed by atoms with van der Waals surface area (Å²) in [4.78, 5) is 2.12. The van der Waals surface area contributed by atoms with Gasteiger partial charge < -0.3 is 10.2 Å². The molecule has 0 amide bonds. The summed E-state index contributed by atoms with van der Waals surface area (Å²) in [5.41, 5.74) is -0.592. The minimum absolute atomic E-state index is 0.0426. The van der Waals surface area contributed by atoms with Gasteiger partial charge >= 0.3 is 6.18 Å². The zero-order chi connectivity index (χ0) is 14.0. The fraction of sp³-hybridized carbons (Fsp3) is 0.538. The highest BCUT2D eigenvalue weighted by Gasteiger charge is 2.34. The van der Waals surface area contributed by atoms with Crippen molar-refractivity contribution in [3.63, 3.8) is 0 Å². The highest BCUT2D eigenvalue weighted by Crippen LogP contribution is 2.37. The SMILES string of the molecule is CN1CCCC(Nc2ccc(Cl)cc2C(F)(F)F)C1. The number of likely N-dealkylation sites (tertiary alicyclic amines) is 1. The predicted octanol–water partition coefficient (Wildman–Crippen LogP) is 3.86. The van der Waals surface area contributed by atoms with Crippen LogP contribution in [-0.4, -0.2) is 31.1 Å². The van der Waals surface area contributed by atoms with E-state index in [1.807, 2.05) is 7.05 Å². The van der Waals surface area contributed by atoms with Crippen molar-refractivity contribution in [2.75, 3.05) is 25.5 Å². The molecule has 2 nitrogen and oxygen atoms in total. The van der Waals surface area contributed by atoms with Gasteiger partial charge in [0.15, 0.2) is 0 Å². The molecule has 106 valence electrons. The van der Waals surface area contributed by atoms with Gasteiger partial charge in [-0.1, -0.05) is 11.6 Å². The van der Waals surface area contributed by atoms with Gasteiger partial charge in [0.05, 0.1) is 5.56 Å². The van der Waals surface area contributed by atoms with Crippen LogP contribution in [0.25, 0.3) is 0 Å². The largest absolute Gasteiger partial charge is 0.418 e. The van der Waals surface area contributed by atoms with E-state index in [0.717, 1.165) is 32.0 Å². The van der Waals surface area contributed by atoms with Crippen molar-refractivity contribution in [2.45, 2.75) is 25.1 Å². The second kappa shape index (κ2) is 5.59. The van der Waals surface area contributed by atoms with Crippen LogP contribution in [0.2, 0.25) is 5.02 Å². The third-order valence-corrected chi connectivity index (χ3v) is 3.51. The highest BCUT2D eigenvalue weighted by molar-refractivity contribution is 6.30. The Balaban J connectivity index is 2.20. The summed E-state index contributed by atoms with van der Waals surface area (Å²) >= 11 is 5.65. The molecule has 1 aliphatic rings. The first-order valence-electron chi connectivity index (χ1n) is 6.18. The number of likely N-dealkylation sites (N-methyl/N-ethyl adjacent to an activating group) is 1. The van der Waals surface area contributed by atoms with Crippen LogP contribution in [0.3, 0.4) is 0 Å². The van der Waals surface area contributed by atoms with Gasteiger partial charge in [-0.15, -0.1) is 0 Å². The molecular formula is C13H16ClF3N2. The van der Waals surface area contributed by atoms with Crippen LogP contribution in [0.1, 0.15) is 18.4 Å². The Kier molecular flexibility index (Phi) is 4.26. The first-order chi connectivity index (χ1) is 8.86.